The molecule has 26 heavy (non-hydrogen) atoms. The molecule has 0 aliphatic carbocycles. The Bertz CT molecular complexity index is 868. The van der Waals surface area contributed by atoms with E-state index in [0.717, 1.165) is 28.8 Å². The minimum atomic E-state index is -4.58. The van der Waals surface area contributed by atoms with Crippen LogP contribution in [0.3, 0.4) is 0 Å². The van der Waals surface area contributed by atoms with Crippen LogP contribution in [0.15, 0.2) is 54.6 Å². The number of hydrogen-bond acceptors (Lipinski definition) is 3. The van der Waals surface area contributed by atoms with Crippen LogP contribution < -0.4 is 9.62 Å². The molecule has 0 atom stereocenters. The number of alkyl halides is 3. The summed E-state index contributed by atoms with van der Waals surface area (Å²) in [6, 6.07) is 12.3. The maximum atomic E-state index is 12.8. The zero-order chi connectivity index (χ0) is 19.4. The Labute approximate surface area is 149 Å². The molecule has 140 valence electrons. The summed E-state index contributed by atoms with van der Waals surface area (Å²) in [5.74, 6) is -0.400. The Morgan fingerprint density at radius 3 is 2.31 bits per heavy atom. The monoisotopic (exact) mass is 386 g/mol. The predicted molar refractivity (Wildman–Crippen MR) is 92.4 cm³/mol. The third kappa shape index (κ3) is 5.22. The number of halogens is 3. The topological polar surface area (TPSA) is 66.5 Å². The van der Waals surface area contributed by atoms with Gasteiger partial charge in [-0.2, -0.15) is 13.2 Å². The van der Waals surface area contributed by atoms with E-state index in [2.05, 4.69) is 5.32 Å². The molecule has 2 aromatic rings. The zero-order valence-corrected chi connectivity index (χ0v) is 14.6. The Morgan fingerprint density at radius 2 is 1.73 bits per heavy atom. The van der Waals surface area contributed by atoms with Crippen molar-refractivity contribution >= 4 is 21.6 Å². The molecule has 0 unspecified atom stereocenters. The van der Waals surface area contributed by atoms with Gasteiger partial charge in [-0.15, -0.1) is 0 Å². The van der Waals surface area contributed by atoms with Crippen LogP contribution in [0.5, 0.6) is 0 Å². The van der Waals surface area contributed by atoms with Crippen LogP contribution in [-0.4, -0.2) is 33.7 Å². The van der Waals surface area contributed by atoms with Crippen LogP contribution in [0, 0.1) is 0 Å². The molecule has 0 aromatic heterocycles. The van der Waals surface area contributed by atoms with E-state index in [1.807, 2.05) is 0 Å². The average molecular weight is 386 g/mol. The van der Waals surface area contributed by atoms with Crippen LogP contribution in [0.25, 0.3) is 0 Å². The van der Waals surface area contributed by atoms with Crippen molar-refractivity contribution in [1.82, 2.24) is 5.32 Å². The average Bonchev–Trinajstić information content (AvgIpc) is 2.57. The lowest BCUT2D eigenvalue weighted by Gasteiger charge is -2.23. The number of nitrogens with one attached hydrogen (secondary N) is 1. The fraction of sp³-hybridized carbons (Fsp3) is 0.235. The minimum absolute atomic E-state index is 0.0585. The summed E-state index contributed by atoms with van der Waals surface area (Å²) in [7, 11) is -3.83. The lowest BCUT2D eigenvalue weighted by molar-refractivity contribution is -0.137. The van der Waals surface area contributed by atoms with Crippen LogP contribution in [-0.2, 0) is 16.2 Å². The molecule has 5 nitrogen and oxygen atoms in total. The highest BCUT2D eigenvalue weighted by molar-refractivity contribution is 7.92. The second kappa shape index (κ2) is 7.77. The van der Waals surface area contributed by atoms with Crippen LogP contribution in [0.2, 0.25) is 0 Å². The first-order chi connectivity index (χ1) is 12.1. The van der Waals surface area contributed by atoms with Crippen LogP contribution in [0.1, 0.15) is 15.9 Å². The van der Waals surface area contributed by atoms with Gasteiger partial charge in [-0.3, -0.25) is 9.10 Å². The molecular weight excluding hydrogens is 369 g/mol. The smallest absolute Gasteiger partial charge is 0.350 e. The molecule has 0 bridgehead atoms. The van der Waals surface area contributed by atoms with Crippen molar-refractivity contribution in [2.75, 3.05) is 23.7 Å². The number of sulfonamides is 1. The van der Waals surface area contributed by atoms with Crippen LogP contribution >= 0.6 is 0 Å². The van der Waals surface area contributed by atoms with E-state index in [9.17, 15) is 26.4 Å². The normalized spacial score (nSPS) is 11.8. The quantitative estimate of drug-likeness (QED) is 0.830. The highest BCUT2D eigenvalue weighted by Crippen LogP contribution is 2.32. The van der Waals surface area contributed by atoms with Crippen LogP contribution in [0.4, 0.5) is 18.9 Å². The Balaban J connectivity index is 2.13. The van der Waals surface area contributed by atoms with Gasteiger partial charge >= 0.3 is 6.18 Å². The SMILES string of the molecule is CS(=O)(=O)N(CCNC(=O)c1ccccc1)c1cccc(C(F)(F)F)c1. The van der Waals surface area contributed by atoms with E-state index >= 15 is 0 Å². The van der Waals surface area contributed by atoms with Crippen molar-refractivity contribution in [3.63, 3.8) is 0 Å². The highest BCUT2D eigenvalue weighted by Gasteiger charge is 2.31. The molecule has 0 saturated heterocycles. The van der Waals surface area contributed by atoms with Crippen molar-refractivity contribution < 1.29 is 26.4 Å². The summed E-state index contributed by atoms with van der Waals surface area (Å²) in [6.45, 7) is -0.254. The molecule has 0 fully saturated rings. The second-order valence-electron chi connectivity index (χ2n) is 5.51. The number of carbonyl (C=O) groups excluding carboxylic acids is 1. The third-order valence-corrected chi connectivity index (χ3v) is 4.69. The standard InChI is InChI=1S/C17H17F3N2O3S/c1-26(24,25)22(15-9-5-8-14(12-15)17(18,19)20)11-10-21-16(23)13-6-3-2-4-7-13/h2-9,12H,10-11H2,1H3,(H,21,23). The molecule has 1 amide bonds. The zero-order valence-electron chi connectivity index (χ0n) is 13.8. The largest absolute Gasteiger partial charge is 0.416 e. The Kier molecular flexibility index (Phi) is 5.91. The van der Waals surface area contributed by atoms with E-state index in [1.54, 1.807) is 30.3 Å². The fourth-order valence-corrected chi connectivity index (χ4v) is 3.21. The van der Waals surface area contributed by atoms with E-state index in [1.165, 1.54) is 6.07 Å². The summed E-state index contributed by atoms with van der Waals surface area (Å²) in [5.41, 5.74) is -0.661. The summed E-state index contributed by atoms with van der Waals surface area (Å²) < 4.78 is 63.3. The number of amides is 1. The number of nitrogens with zero attached hydrogens (tertiary/aromatic N) is 1. The predicted octanol–water partition coefficient (Wildman–Crippen LogP) is 2.90. The lowest BCUT2D eigenvalue weighted by Crippen LogP contribution is -2.38. The van der Waals surface area contributed by atoms with Gasteiger partial charge in [-0.25, -0.2) is 8.42 Å². The van der Waals surface area contributed by atoms with Gasteiger partial charge in [-0.1, -0.05) is 24.3 Å². The third-order valence-electron chi connectivity index (χ3n) is 3.50. The van der Waals surface area contributed by atoms with Gasteiger partial charge in [0.2, 0.25) is 10.0 Å². The molecule has 0 spiro atoms. The lowest BCUT2D eigenvalue weighted by atomic mass is 10.2. The van der Waals surface area contributed by atoms with E-state index in [-0.39, 0.29) is 18.8 Å². The maximum absolute atomic E-state index is 12.8. The summed E-state index contributed by atoms with van der Waals surface area (Å²) in [5, 5.41) is 2.55. The van der Waals surface area contributed by atoms with Crippen molar-refractivity contribution in [2.45, 2.75) is 6.18 Å². The minimum Gasteiger partial charge on any atom is -0.350 e. The number of rotatable bonds is 6. The first-order valence-electron chi connectivity index (χ1n) is 7.57. The molecule has 0 aliphatic heterocycles. The van der Waals surface area contributed by atoms with Gasteiger partial charge in [0.25, 0.3) is 5.91 Å². The Morgan fingerprint density at radius 1 is 1.08 bits per heavy atom. The molecule has 0 radical (unpaired) electrons. The number of anilines is 1. The van der Waals surface area contributed by atoms with Crippen molar-refractivity contribution in [3.8, 4) is 0 Å². The van der Waals surface area contributed by atoms with E-state index < -0.39 is 27.7 Å². The Hall–Kier alpha value is -2.55. The highest BCUT2D eigenvalue weighted by atomic mass is 32.2. The maximum Gasteiger partial charge on any atom is 0.416 e. The molecule has 0 heterocycles. The molecule has 2 aromatic carbocycles. The van der Waals surface area contributed by atoms with E-state index in [0.29, 0.717) is 5.56 Å². The number of carbonyl (C=O) groups is 1. The fourth-order valence-electron chi connectivity index (χ4n) is 2.29. The van der Waals surface area contributed by atoms with Crippen molar-refractivity contribution in [1.29, 1.82) is 0 Å². The number of hydrogen-bond donors (Lipinski definition) is 1. The van der Waals surface area contributed by atoms with Crippen molar-refractivity contribution in [3.05, 3.63) is 65.7 Å². The molecule has 9 heteroatoms. The molecule has 0 aliphatic rings. The summed E-state index contributed by atoms with van der Waals surface area (Å²) >= 11 is 0. The van der Waals surface area contributed by atoms with Gasteiger partial charge in [0, 0.05) is 12.1 Å². The van der Waals surface area contributed by atoms with Crippen molar-refractivity contribution in [2.24, 2.45) is 0 Å². The van der Waals surface area contributed by atoms with Gasteiger partial charge < -0.3 is 5.32 Å². The second-order valence-corrected chi connectivity index (χ2v) is 7.41. The summed E-state index contributed by atoms with van der Waals surface area (Å²) in [4.78, 5) is 12.0. The first kappa shape index (κ1) is 19.8. The molecular formula is C17H17F3N2O3S. The van der Waals surface area contributed by atoms with Gasteiger partial charge in [-0.05, 0) is 30.3 Å². The van der Waals surface area contributed by atoms with E-state index in [4.69, 9.17) is 0 Å². The number of benzene rings is 2. The first-order valence-corrected chi connectivity index (χ1v) is 9.42. The molecule has 0 saturated carbocycles. The van der Waals surface area contributed by atoms with Gasteiger partial charge in [0.1, 0.15) is 0 Å². The molecule has 1 N–H and O–H groups in total. The van der Waals surface area contributed by atoms with Gasteiger partial charge in [0.15, 0.2) is 0 Å². The summed E-state index contributed by atoms with van der Waals surface area (Å²) in [6.07, 6.45) is -3.69. The molecule has 2 rings (SSSR count). The van der Waals surface area contributed by atoms with Gasteiger partial charge in [0.05, 0.1) is 24.1 Å².